The van der Waals surface area contributed by atoms with Crippen molar-refractivity contribution in [3.05, 3.63) is 84.1 Å². The zero-order valence-corrected chi connectivity index (χ0v) is 20.4. The lowest BCUT2D eigenvalue weighted by atomic mass is 10.0. The zero-order chi connectivity index (χ0) is 25.1. The molecule has 4 aromatic rings. The summed E-state index contributed by atoms with van der Waals surface area (Å²) in [5.74, 6) is 0.368. The zero-order valence-electron chi connectivity index (χ0n) is 20.4. The number of hydrogen-bond donors (Lipinski definition) is 1. The average Bonchev–Trinajstić information content (AvgIpc) is 3.68. The van der Waals surface area contributed by atoms with Gasteiger partial charge in [-0.05, 0) is 61.2 Å². The fourth-order valence-corrected chi connectivity index (χ4v) is 4.51. The van der Waals surface area contributed by atoms with Crippen molar-refractivity contribution in [1.29, 1.82) is 0 Å². The minimum atomic E-state index is -0.389. The third-order valence-corrected chi connectivity index (χ3v) is 6.33. The van der Waals surface area contributed by atoms with Crippen molar-refractivity contribution < 1.29 is 19.1 Å². The Morgan fingerprint density at radius 1 is 1.08 bits per heavy atom. The predicted octanol–water partition coefficient (Wildman–Crippen LogP) is 5.17. The van der Waals surface area contributed by atoms with Gasteiger partial charge < -0.3 is 14.0 Å². The molecule has 7 nitrogen and oxygen atoms in total. The lowest BCUT2D eigenvalue weighted by Crippen LogP contribution is -2.38. The van der Waals surface area contributed by atoms with Gasteiger partial charge in [-0.3, -0.25) is 4.79 Å². The van der Waals surface area contributed by atoms with Crippen LogP contribution >= 0.6 is 0 Å². The van der Waals surface area contributed by atoms with Gasteiger partial charge in [0.05, 0.1) is 19.4 Å². The second-order valence-corrected chi connectivity index (χ2v) is 8.83. The van der Waals surface area contributed by atoms with Crippen LogP contribution in [0.1, 0.15) is 35.8 Å². The molecular weight excluding hydrogens is 454 g/mol. The van der Waals surface area contributed by atoms with E-state index in [0.29, 0.717) is 24.0 Å². The summed E-state index contributed by atoms with van der Waals surface area (Å²) < 4.78 is 13.0. The van der Waals surface area contributed by atoms with E-state index in [1.807, 2.05) is 77.4 Å². The summed E-state index contributed by atoms with van der Waals surface area (Å²) in [4.78, 5) is 25.2. The van der Waals surface area contributed by atoms with Crippen molar-refractivity contribution in [1.82, 2.24) is 9.99 Å². The van der Waals surface area contributed by atoms with E-state index in [0.717, 1.165) is 52.6 Å². The SMILES string of the molecule is CCOC(=O)c1c(-c2cccc(N(C=O)NC3CC3)c2)c2ccccc2n1Cc1cccc(OC)c1. The number of benzene rings is 3. The van der Waals surface area contributed by atoms with E-state index >= 15 is 0 Å². The van der Waals surface area contributed by atoms with Crippen LogP contribution in [-0.4, -0.2) is 36.7 Å². The first-order valence-electron chi connectivity index (χ1n) is 12.1. The fraction of sp³-hybridized carbons (Fsp3) is 0.241. The number of methoxy groups -OCH3 is 1. The van der Waals surface area contributed by atoms with Crippen LogP contribution in [0.2, 0.25) is 0 Å². The molecule has 7 heteroatoms. The van der Waals surface area contributed by atoms with E-state index in [4.69, 9.17) is 9.47 Å². The summed E-state index contributed by atoms with van der Waals surface area (Å²) in [6.07, 6.45) is 2.89. The van der Waals surface area contributed by atoms with Gasteiger partial charge in [-0.15, -0.1) is 0 Å². The quantitative estimate of drug-likeness (QED) is 0.191. The molecule has 5 rings (SSSR count). The smallest absolute Gasteiger partial charge is 0.355 e. The number of amides is 1. The molecule has 1 heterocycles. The molecule has 0 unspecified atom stereocenters. The summed E-state index contributed by atoms with van der Waals surface area (Å²) >= 11 is 0. The van der Waals surface area contributed by atoms with E-state index in [2.05, 4.69) is 5.43 Å². The largest absolute Gasteiger partial charge is 0.497 e. The van der Waals surface area contributed by atoms with Gasteiger partial charge in [0.15, 0.2) is 0 Å². The molecule has 1 amide bonds. The molecule has 1 aliphatic rings. The van der Waals surface area contributed by atoms with Crippen molar-refractivity contribution >= 4 is 29.0 Å². The van der Waals surface area contributed by atoms with Crippen molar-refractivity contribution in [2.75, 3.05) is 18.7 Å². The number of carbonyl (C=O) groups excluding carboxylic acids is 2. The van der Waals surface area contributed by atoms with Crippen LogP contribution in [0.15, 0.2) is 72.8 Å². The number of para-hydroxylation sites is 1. The van der Waals surface area contributed by atoms with Crippen LogP contribution in [0.4, 0.5) is 5.69 Å². The highest BCUT2D eigenvalue weighted by atomic mass is 16.5. The van der Waals surface area contributed by atoms with Gasteiger partial charge in [0.2, 0.25) is 6.41 Å². The molecule has 184 valence electrons. The number of esters is 1. The van der Waals surface area contributed by atoms with Crippen LogP contribution in [0.3, 0.4) is 0 Å². The van der Waals surface area contributed by atoms with Gasteiger partial charge in [-0.1, -0.05) is 42.5 Å². The van der Waals surface area contributed by atoms with Gasteiger partial charge in [0.25, 0.3) is 0 Å². The summed E-state index contributed by atoms with van der Waals surface area (Å²) in [5, 5.41) is 2.45. The Morgan fingerprint density at radius 3 is 2.64 bits per heavy atom. The van der Waals surface area contributed by atoms with Gasteiger partial charge >= 0.3 is 5.97 Å². The fourth-order valence-electron chi connectivity index (χ4n) is 4.51. The molecule has 3 aromatic carbocycles. The number of nitrogens with zero attached hydrogens (tertiary/aromatic N) is 2. The van der Waals surface area contributed by atoms with Gasteiger partial charge in [-0.25, -0.2) is 15.2 Å². The number of rotatable bonds is 10. The summed E-state index contributed by atoms with van der Waals surface area (Å²) in [5.41, 5.74) is 7.97. The minimum Gasteiger partial charge on any atom is -0.497 e. The molecule has 36 heavy (non-hydrogen) atoms. The summed E-state index contributed by atoms with van der Waals surface area (Å²) in [6.45, 7) is 2.54. The monoisotopic (exact) mass is 483 g/mol. The Bertz CT molecular complexity index is 1410. The Balaban J connectivity index is 1.68. The lowest BCUT2D eigenvalue weighted by Gasteiger charge is -2.19. The van der Waals surface area contributed by atoms with Crippen molar-refractivity contribution in [2.45, 2.75) is 32.4 Å². The first-order chi connectivity index (χ1) is 17.6. The summed E-state index contributed by atoms with van der Waals surface area (Å²) in [6, 6.07) is 23.8. The molecule has 1 saturated carbocycles. The Labute approximate surface area is 210 Å². The van der Waals surface area contributed by atoms with E-state index < -0.39 is 0 Å². The van der Waals surface area contributed by atoms with E-state index in [9.17, 15) is 9.59 Å². The van der Waals surface area contributed by atoms with Crippen LogP contribution in [-0.2, 0) is 16.1 Å². The molecule has 1 aliphatic carbocycles. The topological polar surface area (TPSA) is 72.8 Å². The number of ether oxygens (including phenoxy) is 2. The van der Waals surface area contributed by atoms with Crippen LogP contribution in [0.5, 0.6) is 5.75 Å². The normalized spacial score (nSPS) is 12.9. The maximum absolute atomic E-state index is 13.4. The highest BCUT2D eigenvalue weighted by molar-refractivity contribution is 6.09. The molecule has 0 aliphatic heterocycles. The second-order valence-electron chi connectivity index (χ2n) is 8.83. The average molecular weight is 484 g/mol. The van der Waals surface area contributed by atoms with Crippen LogP contribution in [0, 0.1) is 0 Å². The maximum atomic E-state index is 13.4. The van der Waals surface area contributed by atoms with Crippen molar-refractivity contribution in [2.24, 2.45) is 0 Å². The number of fused-ring (bicyclic) bond motifs is 1. The highest BCUT2D eigenvalue weighted by Crippen LogP contribution is 2.37. The Kier molecular flexibility index (Phi) is 6.73. The third kappa shape index (κ3) is 4.70. The van der Waals surface area contributed by atoms with Crippen molar-refractivity contribution in [3.8, 4) is 16.9 Å². The van der Waals surface area contributed by atoms with E-state index in [1.165, 1.54) is 5.01 Å². The third-order valence-electron chi connectivity index (χ3n) is 6.33. The molecule has 1 aromatic heterocycles. The molecule has 0 saturated heterocycles. The predicted molar refractivity (Wildman–Crippen MR) is 140 cm³/mol. The minimum absolute atomic E-state index is 0.267. The lowest BCUT2D eigenvalue weighted by molar-refractivity contribution is -0.108. The van der Waals surface area contributed by atoms with Gasteiger partial charge in [0.1, 0.15) is 11.4 Å². The number of aromatic nitrogens is 1. The maximum Gasteiger partial charge on any atom is 0.355 e. The Morgan fingerprint density at radius 2 is 1.89 bits per heavy atom. The molecule has 0 radical (unpaired) electrons. The van der Waals surface area contributed by atoms with E-state index in [-0.39, 0.29) is 12.6 Å². The van der Waals surface area contributed by atoms with Gasteiger partial charge in [-0.2, -0.15) is 0 Å². The van der Waals surface area contributed by atoms with Crippen LogP contribution < -0.4 is 15.2 Å². The molecule has 1 fully saturated rings. The number of nitrogens with one attached hydrogen (secondary N) is 1. The molecular formula is C29H29N3O4. The number of hydrazine groups is 1. The summed E-state index contributed by atoms with van der Waals surface area (Å²) in [7, 11) is 1.64. The first kappa shape index (κ1) is 23.6. The van der Waals surface area contributed by atoms with Crippen molar-refractivity contribution in [3.63, 3.8) is 0 Å². The first-order valence-corrected chi connectivity index (χ1v) is 12.1. The number of hydrogen-bond acceptors (Lipinski definition) is 5. The molecule has 0 bridgehead atoms. The van der Waals surface area contributed by atoms with Gasteiger partial charge in [0, 0.05) is 29.1 Å². The second kappa shape index (κ2) is 10.3. The highest BCUT2D eigenvalue weighted by Gasteiger charge is 2.27. The Hall–Kier alpha value is -4.10. The number of carbonyl (C=O) groups is 2. The number of anilines is 1. The van der Waals surface area contributed by atoms with Crippen LogP contribution in [0.25, 0.3) is 22.0 Å². The van der Waals surface area contributed by atoms with E-state index in [1.54, 1.807) is 14.0 Å². The molecule has 0 spiro atoms. The molecule has 1 N–H and O–H groups in total. The standard InChI is InChI=1S/C29H29N3O4/c1-3-36-29(34)28-27(21-9-7-10-23(17-21)32(19-33)30-22-14-15-22)25-12-4-5-13-26(25)31(28)18-20-8-6-11-24(16-20)35-2/h4-13,16-17,19,22,30H,3,14-15,18H2,1-2H3. The molecule has 0 atom stereocenters.